The van der Waals surface area contributed by atoms with Gasteiger partial charge < -0.3 is 15.1 Å². The Hall–Kier alpha value is -1.88. The average Bonchev–Trinajstić information content (AvgIpc) is 2.57. The van der Waals surface area contributed by atoms with Crippen LogP contribution in [0.3, 0.4) is 0 Å². The van der Waals surface area contributed by atoms with Crippen LogP contribution >= 0.6 is 0 Å². The first-order chi connectivity index (χ1) is 12.2. The molecule has 0 aromatic heterocycles. The molecule has 5 heteroatoms. The summed E-state index contributed by atoms with van der Waals surface area (Å²) < 4.78 is 0. The molecule has 1 atom stereocenters. The van der Waals surface area contributed by atoms with Crippen molar-refractivity contribution in [1.82, 2.24) is 9.80 Å². The molecule has 0 saturated heterocycles. The summed E-state index contributed by atoms with van der Waals surface area (Å²) >= 11 is 0. The minimum atomic E-state index is -0.496. The summed E-state index contributed by atoms with van der Waals surface area (Å²) in [7, 11) is 0. The van der Waals surface area contributed by atoms with Crippen LogP contribution in [0.2, 0.25) is 0 Å². The van der Waals surface area contributed by atoms with Gasteiger partial charge in [0.2, 0.25) is 11.8 Å². The molecule has 0 aliphatic rings. The molecule has 26 heavy (non-hydrogen) atoms. The van der Waals surface area contributed by atoms with Crippen LogP contribution in [0, 0.1) is 20.8 Å². The number of nitrogens with one attached hydrogen (secondary N) is 1. The Balaban J connectivity index is 2.78. The van der Waals surface area contributed by atoms with Crippen molar-refractivity contribution in [3.05, 3.63) is 28.8 Å². The van der Waals surface area contributed by atoms with E-state index in [1.165, 1.54) is 12.5 Å². The number of amides is 2. The zero-order chi connectivity index (χ0) is 19.9. The highest BCUT2D eigenvalue weighted by molar-refractivity contribution is 5.97. The Kier molecular flexibility index (Phi) is 8.79. The summed E-state index contributed by atoms with van der Waals surface area (Å²) in [5.41, 5.74) is 4.10. The van der Waals surface area contributed by atoms with Crippen LogP contribution in [0.25, 0.3) is 0 Å². The topological polar surface area (TPSA) is 52.7 Å². The number of benzene rings is 1. The molecule has 2 amide bonds. The maximum atomic E-state index is 12.7. The lowest BCUT2D eigenvalue weighted by Gasteiger charge is -2.29. The standard InChI is InChI=1S/C21H35N3O2/c1-8-23(9-2)11-10-12-24(19(7)25)18(6)21(26)22-20-16(4)13-15(3)14-17(20)5/h13-14,18H,8-12H2,1-7H3,(H,22,26)/t18-/m1/s1. The van der Waals surface area contributed by atoms with Gasteiger partial charge in [0.25, 0.3) is 0 Å². The molecule has 0 aliphatic carbocycles. The van der Waals surface area contributed by atoms with Crippen LogP contribution in [0.5, 0.6) is 0 Å². The molecule has 1 N–H and O–H groups in total. The zero-order valence-corrected chi connectivity index (χ0v) is 17.5. The number of carbonyl (C=O) groups excluding carboxylic acids is 2. The lowest BCUT2D eigenvalue weighted by Crippen LogP contribution is -2.45. The summed E-state index contributed by atoms with van der Waals surface area (Å²) in [4.78, 5) is 28.8. The van der Waals surface area contributed by atoms with Gasteiger partial charge >= 0.3 is 0 Å². The molecule has 0 heterocycles. The molecular formula is C21H35N3O2. The number of hydrogen-bond acceptors (Lipinski definition) is 3. The molecule has 0 saturated carbocycles. The van der Waals surface area contributed by atoms with Crippen molar-refractivity contribution in [3.8, 4) is 0 Å². The second kappa shape index (κ2) is 10.3. The van der Waals surface area contributed by atoms with Gasteiger partial charge in [-0.2, -0.15) is 0 Å². The third-order valence-corrected chi connectivity index (χ3v) is 4.94. The van der Waals surface area contributed by atoms with Crippen LogP contribution in [-0.4, -0.2) is 53.8 Å². The lowest BCUT2D eigenvalue weighted by molar-refractivity contribution is -0.136. The third kappa shape index (κ3) is 6.13. The lowest BCUT2D eigenvalue weighted by atomic mass is 10.0. The SMILES string of the molecule is CCN(CC)CCCN(C(C)=O)[C@H](C)C(=O)Nc1c(C)cc(C)cc1C. The van der Waals surface area contributed by atoms with Gasteiger partial charge in [0.05, 0.1) is 0 Å². The second-order valence-corrected chi connectivity index (χ2v) is 7.03. The van der Waals surface area contributed by atoms with E-state index >= 15 is 0 Å². The number of carbonyl (C=O) groups is 2. The fourth-order valence-corrected chi connectivity index (χ4v) is 3.37. The van der Waals surface area contributed by atoms with E-state index in [4.69, 9.17) is 0 Å². The Morgan fingerprint density at radius 2 is 1.58 bits per heavy atom. The van der Waals surface area contributed by atoms with Gasteiger partial charge in [-0.15, -0.1) is 0 Å². The van der Waals surface area contributed by atoms with Crippen LogP contribution < -0.4 is 5.32 Å². The minimum absolute atomic E-state index is 0.0652. The normalized spacial score (nSPS) is 12.2. The molecule has 1 aromatic carbocycles. The van der Waals surface area contributed by atoms with E-state index in [0.717, 1.165) is 42.9 Å². The van der Waals surface area contributed by atoms with Gasteiger partial charge in [0.1, 0.15) is 6.04 Å². The van der Waals surface area contributed by atoms with Gasteiger partial charge in [-0.25, -0.2) is 0 Å². The van der Waals surface area contributed by atoms with Gasteiger partial charge in [0.15, 0.2) is 0 Å². The van der Waals surface area contributed by atoms with Crippen LogP contribution in [0.15, 0.2) is 12.1 Å². The van der Waals surface area contributed by atoms with E-state index < -0.39 is 6.04 Å². The van der Waals surface area contributed by atoms with E-state index in [9.17, 15) is 9.59 Å². The second-order valence-electron chi connectivity index (χ2n) is 7.03. The molecule has 0 bridgehead atoms. The minimum Gasteiger partial charge on any atom is -0.331 e. The first-order valence-corrected chi connectivity index (χ1v) is 9.59. The molecule has 0 spiro atoms. The molecule has 5 nitrogen and oxygen atoms in total. The maximum absolute atomic E-state index is 12.7. The number of nitrogens with zero attached hydrogens (tertiary/aromatic N) is 2. The fourth-order valence-electron chi connectivity index (χ4n) is 3.37. The summed E-state index contributed by atoms with van der Waals surface area (Å²) in [6, 6.07) is 3.62. The molecule has 0 aliphatic heterocycles. The van der Waals surface area contributed by atoms with Crippen molar-refractivity contribution in [2.75, 3.05) is 31.5 Å². The van der Waals surface area contributed by atoms with Crippen molar-refractivity contribution < 1.29 is 9.59 Å². The fraction of sp³-hybridized carbons (Fsp3) is 0.619. The Morgan fingerprint density at radius 3 is 2.04 bits per heavy atom. The molecule has 1 rings (SSSR count). The molecule has 146 valence electrons. The predicted molar refractivity (Wildman–Crippen MR) is 109 cm³/mol. The average molecular weight is 362 g/mol. The van der Waals surface area contributed by atoms with Crippen molar-refractivity contribution in [1.29, 1.82) is 0 Å². The number of anilines is 1. The first kappa shape index (κ1) is 22.2. The highest BCUT2D eigenvalue weighted by Gasteiger charge is 2.24. The van der Waals surface area contributed by atoms with Crippen molar-refractivity contribution in [3.63, 3.8) is 0 Å². The highest BCUT2D eigenvalue weighted by atomic mass is 16.2. The predicted octanol–water partition coefficient (Wildman–Crippen LogP) is 3.52. The molecule has 0 unspecified atom stereocenters. The smallest absolute Gasteiger partial charge is 0.246 e. The van der Waals surface area contributed by atoms with E-state index in [-0.39, 0.29) is 11.8 Å². The maximum Gasteiger partial charge on any atom is 0.246 e. The Bertz CT molecular complexity index is 601. The molecule has 0 fully saturated rings. The Morgan fingerprint density at radius 1 is 1.04 bits per heavy atom. The summed E-state index contributed by atoms with van der Waals surface area (Å²) in [6.07, 6.45) is 0.863. The van der Waals surface area contributed by atoms with E-state index in [1.807, 2.05) is 20.8 Å². The van der Waals surface area contributed by atoms with Gasteiger partial charge in [-0.05, 0) is 64.9 Å². The van der Waals surface area contributed by atoms with Gasteiger partial charge in [0, 0.05) is 19.2 Å². The van der Waals surface area contributed by atoms with Crippen molar-refractivity contribution in [2.24, 2.45) is 0 Å². The van der Waals surface area contributed by atoms with E-state index in [2.05, 4.69) is 36.2 Å². The quantitative estimate of drug-likeness (QED) is 0.732. The van der Waals surface area contributed by atoms with Crippen molar-refractivity contribution in [2.45, 2.75) is 60.9 Å². The Labute approximate surface area is 158 Å². The van der Waals surface area contributed by atoms with Gasteiger partial charge in [-0.1, -0.05) is 31.5 Å². The number of aryl methyl sites for hydroxylation is 3. The molecule has 0 radical (unpaired) electrons. The largest absolute Gasteiger partial charge is 0.331 e. The summed E-state index contributed by atoms with van der Waals surface area (Å²) in [5.74, 6) is -0.206. The third-order valence-electron chi connectivity index (χ3n) is 4.94. The highest BCUT2D eigenvalue weighted by Crippen LogP contribution is 2.22. The van der Waals surface area contributed by atoms with E-state index in [0.29, 0.717) is 6.54 Å². The first-order valence-electron chi connectivity index (χ1n) is 9.59. The zero-order valence-electron chi connectivity index (χ0n) is 17.5. The molecular weight excluding hydrogens is 326 g/mol. The number of rotatable bonds is 9. The molecule has 1 aromatic rings. The van der Waals surface area contributed by atoms with Crippen LogP contribution in [-0.2, 0) is 9.59 Å². The van der Waals surface area contributed by atoms with Crippen LogP contribution in [0.1, 0.15) is 50.8 Å². The van der Waals surface area contributed by atoms with Crippen LogP contribution in [0.4, 0.5) is 5.69 Å². The van der Waals surface area contributed by atoms with Crippen molar-refractivity contribution >= 4 is 17.5 Å². The number of hydrogen-bond donors (Lipinski definition) is 1. The van der Waals surface area contributed by atoms with E-state index in [1.54, 1.807) is 11.8 Å². The monoisotopic (exact) mass is 361 g/mol. The summed E-state index contributed by atoms with van der Waals surface area (Å²) in [5, 5.41) is 3.02. The van der Waals surface area contributed by atoms with Gasteiger partial charge in [-0.3, -0.25) is 9.59 Å². The summed E-state index contributed by atoms with van der Waals surface area (Å²) in [6.45, 7) is 17.1.